The van der Waals surface area contributed by atoms with Crippen LogP contribution in [0, 0.1) is 17.2 Å². The molecule has 2 rings (SSSR count). The van der Waals surface area contributed by atoms with Crippen LogP contribution in [0.25, 0.3) is 0 Å². The lowest BCUT2D eigenvalue weighted by Crippen LogP contribution is -2.16. The minimum Gasteiger partial charge on any atom is -0.396 e. The largest absolute Gasteiger partial charge is 0.396 e. The quantitative estimate of drug-likeness (QED) is 0.594. The van der Waals surface area contributed by atoms with Crippen molar-refractivity contribution in [2.75, 3.05) is 38.2 Å². The smallest absolute Gasteiger partial charge is 0.178 e. The molecule has 0 spiro atoms. The molecule has 0 atom stereocenters. The van der Waals surface area contributed by atoms with E-state index in [0.717, 1.165) is 37.4 Å². The number of carbonyl (C=O) groups excluding carboxylic acids is 1. The summed E-state index contributed by atoms with van der Waals surface area (Å²) in [6.45, 7) is 1.74. The fourth-order valence-corrected chi connectivity index (χ4v) is 3.11. The van der Waals surface area contributed by atoms with Crippen LogP contribution in [0.1, 0.15) is 34.5 Å². The lowest BCUT2D eigenvalue weighted by Gasteiger charge is -2.09. The summed E-state index contributed by atoms with van der Waals surface area (Å²) < 4.78 is 0. The van der Waals surface area contributed by atoms with Crippen molar-refractivity contribution in [2.45, 2.75) is 19.3 Å². The zero-order chi connectivity index (χ0) is 14.7. The third kappa shape index (κ3) is 3.30. The number of rotatable bonds is 7. The molecule has 1 saturated carbocycles. The summed E-state index contributed by atoms with van der Waals surface area (Å²) in [5.74, 6) is 0.231. The van der Waals surface area contributed by atoms with Crippen molar-refractivity contribution >= 4 is 27.8 Å². The average molecular weight is 292 g/mol. The Morgan fingerprint density at radius 2 is 2.25 bits per heavy atom. The molecule has 1 aliphatic carbocycles. The van der Waals surface area contributed by atoms with Crippen LogP contribution in [0.4, 0.5) is 10.7 Å². The predicted octanol–water partition coefficient (Wildman–Crippen LogP) is 2.16. The minimum absolute atomic E-state index is 0.102. The Labute approximate surface area is 123 Å². The number of carbonyl (C=O) groups is 1. The summed E-state index contributed by atoms with van der Waals surface area (Å²) in [5, 5.41) is 13.2. The number of anilines is 2. The SMILES string of the molecule is CN(C)CCCNc1sc(C(=O)C2CC2)c(N)c1C#N. The maximum absolute atomic E-state index is 12.1. The van der Waals surface area contributed by atoms with Gasteiger partial charge in [-0.25, -0.2) is 0 Å². The number of nitrogens with zero attached hydrogens (tertiary/aromatic N) is 2. The van der Waals surface area contributed by atoms with Crippen molar-refractivity contribution < 1.29 is 4.79 Å². The number of Topliss-reactive ketones (excluding diaryl/α,β-unsaturated/α-hetero) is 1. The molecule has 3 N–H and O–H groups in total. The second-order valence-corrected chi connectivity index (χ2v) is 6.40. The van der Waals surface area contributed by atoms with Crippen molar-refractivity contribution in [1.82, 2.24) is 4.90 Å². The second kappa shape index (κ2) is 6.25. The van der Waals surface area contributed by atoms with Gasteiger partial charge in [0.05, 0.1) is 10.6 Å². The van der Waals surface area contributed by atoms with E-state index in [0.29, 0.717) is 16.1 Å². The van der Waals surface area contributed by atoms with Gasteiger partial charge in [0.2, 0.25) is 0 Å². The summed E-state index contributed by atoms with van der Waals surface area (Å²) in [6.07, 6.45) is 2.87. The maximum atomic E-state index is 12.1. The standard InChI is InChI=1S/C14H20N4OS/c1-18(2)7-3-6-17-14-10(8-15)11(16)13(20-14)12(19)9-4-5-9/h9,17H,3-7,16H2,1-2H3. The molecule has 1 aromatic rings. The molecule has 20 heavy (non-hydrogen) atoms. The minimum atomic E-state index is 0.102. The van der Waals surface area contributed by atoms with Crippen LogP contribution in [0.2, 0.25) is 0 Å². The van der Waals surface area contributed by atoms with Crippen molar-refractivity contribution in [1.29, 1.82) is 5.26 Å². The zero-order valence-corrected chi connectivity index (χ0v) is 12.7. The third-order valence-electron chi connectivity index (χ3n) is 3.30. The number of thiophene rings is 1. The monoisotopic (exact) mass is 292 g/mol. The molecule has 5 nitrogen and oxygen atoms in total. The van der Waals surface area contributed by atoms with Gasteiger partial charge in [-0.05, 0) is 39.9 Å². The highest BCUT2D eigenvalue weighted by molar-refractivity contribution is 7.19. The van der Waals surface area contributed by atoms with Crippen LogP contribution in [0.3, 0.4) is 0 Å². The van der Waals surface area contributed by atoms with E-state index in [2.05, 4.69) is 16.3 Å². The van der Waals surface area contributed by atoms with Crippen LogP contribution in [-0.4, -0.2) is 37.9 Å². The van der Waals surface area contributed by atoms with E-state index < -0.39 is 0 Å². The Balaban J connectivity index is 2.06. The Morgan fingerprint density at radius 3 is 2.80 bits per heavy atom. The van der Waals surface area contributed by atoms with E-state index in [1.807, 2.05) is 14.1 Å². The lowest BCUT2D eigenvalue weighted by molar-refractivity contribution is 0.0972. The number of hydrogen-bond acceptors (Lipinski definition) is 6. The van der Waals surface area contributed by atoms with Gasteiger partial charge in [-0.15, -0.1) is 11.3 Å². The second-order valence-electron chi connectivity index (χ2n) is 5.38. The number of nitriles is 1. The molecular formula is C14H20N4OS. The maximum Gasteiger partial charge on any atom is 0.178 e. The molecular weight excluding hydrogens is 272 g/mol. The summed E-state index contributed by atoms with van der Waals surface area (Å²) in [7, 11) is 4.05. The summed E-state index contributed by atoms with van der Waals surface area (Å²) in [5.41, 5.74) is 6.72. The number of hydrogen-bond donors (Lipinski definition) is 2. The van der Waals surface area contributed by atoms with Crippen LogP contribution >= 0.6 is 11.3 Å². The van der Waals surface area contributed by atoms with Gasteiger partial charge in [0.1, 0.15) is 16.6 Å². The molecule has 0 bridgehead atoms. The molecule has 0 aliphatic heterocycles. The normalized spacial score (nSPS) is 14.3. The van der Waals surface area contributed by atoms with Gasteiger partial charge < -0.3 is 16.0 Å². The first-order chi connectivity index (χ1) is 9.54. The molecule has 1 fully saturated rings. The molecule has 0 unspecified atom stereocenters. The highest BCUT2D eigenvalue weighted by Crippen LogP contribution is 2.41. The van der Waals surface area contributed by atoms with Gasteiger partial charge >= 0.3 is 0 Å². The van der Waals surface area contributed by atoms with E-state index in [1.165, 1.54) is 11.3 Å². The van der Waals surface area contributed by atoms with Crippen molar-refractivity contribution in [2.24, 2.45) is 5.92 Å². The van der Waals surface area contributed by atoms with Gasteiger partial charge in [0.15, 0.2) is 5.78 Å². The molecule has 6 heteroatoms. The number of ketones is 1. The van der Waals surface area contributed by atoms with E-state index in [9.17, 15) is 10.1 Å². The van der Waals surface area contributed by atoms with E-state index >= 15 is 0 Å². The van der Waals surface area contributed by atoms with Crippen LogP contribution in [-0.2, 0) is 0 Å². The fraction of sp³-hybridized carbons (Fsp3) is 0.571. The van der Waals surface area contributed by atoms with Gasteiger partial charge in [0, 0.05) is 12.5 Å². The van der Waals surface area contributed by atoms with Crippen molar-refractivity contribution in [3.8, 4) is 6.07 Å². The Morgan fingerprint density at radius 1 is 1.55 bits per heavy atom. The number of nitrogen functional groups attached to an aromatic ring is 1. The van der Waals surface area contributed by atoms with Gasteiger partial charge in [0.25, 0.3) is 0 Å². The number of nitrogens with two attached hydrogens (primary N) is 1. The average Bonchev–Trinajstić information content (AvgIpc) is 3.19. The van der Waals surface area contributed by atoms with Gasteiger partial charge in [-0.3, -0.25) is 4.79 Å². The van der Waals surface area contributed by atoms with E-state index in [1.54, 1.807) is 0 Å². The highest BCUT2D eigenvalue weighted by atomic mass is 32.1. The van der Waals surface area contributed by atoms with E-state index in [-0.39, 0.29) is 11.7 Å². The van der Waals surface area contributed by atoms with Gasteiger partial charge in [-0.1, -0.05) is 0 Å². The molecule has 0 radical (unpaired) electrons. The topological polar surface area (TPSA) is 82.2 Å². The Hall–Kier alpha value is -1.58. The molecule has 1 aromatic heterocycles. The first-order valence-electron chi connectivity index (χ1n) is 6.79. The van der Waals surface area contributed by atoms with Crippen LogP contribution in [0.15, 0.2) is 0 Å². The summed E-state index contributed by atoms with van der Waals surface area (Å²) in [6, 6.07) is 2.11. The highest BCUT2D eigenvalue weighted by Gasteiger charge is 2.34. The summed E-state index contributed by atoms with van der Waals surface area (Å²) >= 11 is 1.32. The molecule has 0 aromatic carbocycles. The first kappa shape index (κ1) is 14.8. The van der Waals surface area contributed by atoms with Crippen LogP contribution < -0.4 is 11.1 Å². The zero-order valence-electron chi connectivity index (χ0n) is 11.9. The molecule has 1 heterocycles. The Kier molecular flexibility index (Phi) is 4.63. The fourth-order valence-electron chi connectivity index (χ4n) is 1.99. The third-order valence-corrected chi connectivity index (χ3v) is 4.47. The molecule has 0 amide bonds. The van der Waals surface area contributed by atoms with Gasteiger partial charge in [-0.2, -0.15) is 5.26 Å². The van der Waals surface area contributed by atoms with Crippen LogP contribution in [0.5, 0.6) is 0 Å². The first-order valence-corrected chi connectivity index (χ1v) is 7.61. The van der Waals surface area contributed by atoms with E-state index in [4.69, 9.17) is 5.73 Å². The lowest BCUT2D eigenvalue weighted by atomic mass is 10.1. The molecule has 1 aliphatic rings. The molecule has 0 saturated heterocycles. The summed E-state index contributed by atoms with van der Waals surface area (Å²) in [4.78, 5) is 14.8. The predicted molar refractivity (Wildman–Crippen MR) is 82.2 cm³/mol. The Bertz CT molecular complexity index is 540. The number of nitrogens with one attached hydrogen (secondary N) is 1. The van der Waals surface area contributed by atoms with Crippen molar-refractivity contribution in [3.05, 3.63) is 10.4 Å². The van der Waals surface area contributed by atoms with Crippen molar-refractivity contribution in [3.63, 3.8) is 0 Å². The molecule has 108 valence electrons.